The fourth-order valence-corrected chi connectivity index (χ4v) is 4.80. The Kier molecular flexibility index (Phi) is 6.11. The van der Waals surface area contributed by atoms with Crippen LogP contribution in [-0.4, -0.2) is 28.5 Å². The van der Waals surface area contributed by atoms with E-state index in [1.165, 1.54) is 40.6 Å². The summed E-state index contributed by atoms with van der Waals surface area (Å²) in [6.45, 7) is 2.03. The van der Waals surface area contributed by atoms with Gasteiger partial charge in [-0.3, -0.25) is 14.2 Å². The number of amides is 1. The van der Waals surface area contributed by atoms with Gasteiger partial charge in [0.25, 0.3) is 11.5 Å². The quantitative estimate of drug-likeness (QED) is 0.563. The summed E-state index contributed by atoms with van der Waals surface area (Å²) in [6.07, 6.45) is -4.76. The number of pyridine rings is 1. The molecule has 0 spiro atoms. The minimum atomic E-state index is -4.76. The summed E-state index contributed by atoms with van der Waals surface area (Å²) in [6, 6.07) is 12.3. The number of fused-ring (bicyclic) bond motifs is 1. The highest BCUT2D eigenvalue weighted by molar-refractivity contribution is 7.98. The number of rotatable bonds is 5. The lowest BCUT2D eigenvalue weighted by molar-refractivity contribution is -0.274. The van der Waals surface area contributed by atoms with Crippen molar-refractivity contribution in [2.45, 2.75) is 24.8 Å². The molecule has 2 N–H and O–H groups in total. The topological polar surface area (TPSA) is 80.6 Å². The molecule has 2 heterocycles. The number of aromatic hydroxyl groups is 1. The van der Waals surface area contributed by atoms with Gasteiger partial charge in [0.15, 0.2) is 0 Å². The minimum absolute atomic E-state index is 0.278. The molecule has 33 heavy (non-hydrogen) atoms. The van der Waals surface area contributed by atoms with Gasteiger partial charge in [-0.15, -0.1) is 13.2 Å². The number of carbonyl (C=O) groups is 1. The number of benzene rings is 2. The van der Waals surface area contributed by atoms with Gasteiger partial charge in [0, 0.05) is 35.0 Å². The van der Waals surface area contributed by atoms with Crippen LogP contribution in [-0.2, 0) is 11.5 Å². The van der Waals surface area contributed by atoms with Crippen molar-refractivity contribution in [1.82, 2.24) is 9.88 Å². The number of ether oxygens (including phenoxy) is 1. The fourth-order valence-electron chi connectivity index (χ4n) is 3.69. The third-order valence-electron chi connectivity index (χ3n) is 5.15. The Morgan fingerprint density at radius 1 is 1.09 bits per heavy atom. The molecule has 0 bridgehead atoms. The van der Waals surface area contributed by atoms with Crippen LogP contribution >= 0.6 is 11.8 Å². The molecule has 4 rings (SSSR count). The summed E-state index contributed by atoms with van der Waals surface area (Å²) in [4.78, 5) is 25.7. The lowest BCUT2D eigenvalue weighted by Gasteiger charge is -2.16. The number of nitrogens with zero attached hydrogens (tertiary/aromatic N) is 1. The molecule has 2 aromatic carbocycles. The van der Waals surface area contributed by atoms with E-state index in [-0.39, 0.29) is 17.1 Å². The minimum Gasteiger partial charge on any atom is -0.507 e. The monoisotopic (exact) mass is 476 g/mol. The first kappa shape index (κ1) is 22.8. The van der Waals surface area contributed by atoms with Crippen molar-refractivity contribution >= 4 is 17.7 Å². The van der Waals surface area contributed by atoms with Crippen LogP contribution in [0.4, 0.5) is 13.2 Å². The Bertz CT molecular complexity index is 1250. The molecule has 10 heteroatoms. The third kappa shape index (κ3) is 4.56. The van der Waals surface area contributed by atoms with Gasteiger partial charge in [-0.2, -0.15) is 11.8 Å². The molecule has 1 aromatic heterocycles. The van der Waals surface area contributed by atoms with E-state index in [9.17, 15) is 27.9 Å². The second-order valence-corrected chi connectivity index (χ2v) is 8.25. The van der Waals surface area contributed by atoms with Gasteiger partial charge in [-0.25, -0.2) is 0 Å². The molecular weight excluding hydrogens is 457 g/mol. The molecule has 0 aliphatic carbocycles. The standard InChI is InChI=1S/C23H19F3N2O4S/c1-2-27-21(30)19-20(29)17-11-33-12-18(17)28(22(19)31)15-7-3-13(4-8-15)14-5-9-16(10-6-14)32-23(24,25)26/h3-10,29H,2,11-12H2,1H3,(H,27,30). The normalized spacial score (nSPS) is 13.0. The van der Waals surface area contributed by atoms with Gasteiger partial charge >= 0.3 is 6.36 Å². The molecule has 172 valence electrons. The number of carbonyl (C=O) groups excluding carboxylic acids is 1. The molecule has 0 saturated heterocycles. The number of nitrogens with one attached hydrogen (secondary N) is 1. The summed E-state index contributed by atoms with van der Waals surface area (Å²) >= 11 is 1.53. The van der Waals surface area contributed by atoms with Gasteiger partial charge in [0.05, 0.1) is 0 Å². The molecular formula is C23H19F3N2O4S. The van der Waals surface area contributed by atoms with Crippen molar-refractivity contribution in [3.63, 3.8) is 0 Å². The molecule has 1 aliphatic heterocycles. The van der Waals surface area contributed by atoms with E-state index in [1.54, 1.807) is 31.2 Å². The second kappa shape index (κ2) is 8.86. The SMILES string of the molecule is CCNC(=O)c1c(O)c2c(n(-c3ccc(-c4ccc(OC(F)(F)F)cc4)cc3)c1=O)CSC2. The number of thioether (sulfide) groups is 1. The molecule has 3 aromatic rings. The van der Waals surface area contributed by atoms with Crippen molar-refractivity contribution in [3.8, 4) is 28.3 Å². The van der Waals surface area contributed by atoms with Gasteiger partial charge in [0.2, 0.25) is 0 Å². The van der Waals surface area contributed by atoms with Crippen LogP contribution in [0.3, 0.4) is 0 Å². The number of hydrogen-bond donors (Lipinski definition) is 2. The largest absolute Gasteiger partial charge is 0.573 e. The maximum absolute atomic E-state index is 13.2. The zero-order valence-electron chi connectivity index (χ0n) is 17.4. The van der Waals surface area contributed by atoms with E-state index < -0.39 is 17.8 Å². The third-order valence-corrected chi connectivity index (χ3v) is 6.12. The summed E-state index contributed by atoms with van der Waals surface area (Å²) < 4.78 is 42.4. The van der Waals surface area contributed by atoms with Crippen LogP contribution in [0, 0.1) is 0 Å². The smallest absolute Gasteiger partial charge is 0.507 e. The van der Waals surface area contributed by atoms with Crippen molar-refractivity contribution in [2.75, 3.05) is 6.54 Å². The number of hydrogen-bond acceptors (Lipinski definition) is 5. The van der Waals surface area contributed by atoms with Crippen LogP contribution in [0.2, 0.25) is 0 Å². The zero-order chi connectivity index (χ0) is 23.8. The van der Waals surface area contributed by atoms with Crippen LogP contribution in [0.1, 0.15) is 28.5 Å². The Hall–Kier alpha value is -3.40. The van der Waals surface area contributed by atoms with Gasteiger partial charge in [-0.05, 0) is 42.3 Å². The van der Waals surface area contributed by atoms with Crippen LogP contribution < -0.4 is 15.6 Å². The Morgan fingerprint density at radius 2 is 1.70 bits per heavy atom. The molecule has 0 atom stereocenters. The van der Waals surface area contributed by atoms with Crippen molar-refractivity contribution in [3.05, 3.63) is 75.7 Å². The van der Waals surface area contributed by atoms with E-state index in [0.717, 1.165) is 5.56 Å². The van der Waals surface area contributed by atoms with Gasteiger partial charge in [-0.1, -0.05) is 24.3 Å². The lowest BCUT2D eigenvalue weighted by Crippen LogP contribution is -2.34. The molecule has 0 fully saturated rings. The Morgan fingerprint density at radius 3 is 2.27 bits per heavy atom. The van der Waals surface area contributed by atoms with Crippen LogP contribution in [0.5, 0.6) is 11.5 Å². The predicted molar refractivity (Wildman–Crippen MR) is 119 cm³/mol. The summed E-state index contributed by atoms with van der Waals surface area (Å²) in [5.74, 6) is -0.232. The average Bonchev–Trinajstić information content (AvgIpc) is 3.24. The second-order valence-electron chi connectivity index (χ2n) is 7.26. The van der Waals surface area contributed by atoms with E-state index in [2.05, 4.69) is 10.1 Å². The zero-order valence-corrected chi connectivity index (χ0v) is 18.2. The fraction of sp³-hybridized carbons (Fsp3) is 0.217. The molecule has 0 radical (unpaired) electrons. The highest BCUT2D eigenvalue weighted by Crippen LogP contribution is 2.37. The molecule has 6 nitrogen and oxygen atoms in total. The first-order chi connectivity index (χ1) is 15.7. The number of alkyl halides is 3. The first-order valence-electron chi connectivity index (χ1n) is 10.0. The van der Waals surface area contributed by atoms with Crippen LogP contribution in [0.25, 0.3) is 16.8 Å². The number of halogens is 3. The first-order valence-corrected chi connectivity index (χ1v) is 11.2. The highest BCUT2D eigenvalue weighted by Gasteiger charge is 2.31. The highest BCUT2D eigenvalue weighted by atomic mass is 32.2. The molecule has 1 aliphatic rings. The van der Waals surface area contributed by atoms with E-state index in [4.69, 9.17) is 0 Å². The van der Waals surface area contributed by atoms with E-state index in [1.807, 2.05) is 0 Å². The van der Waals surface area contributed by atoms with E-state index >= 15 is 0 Å². The van der Waals surface area contributed by atoms with E-state index in [0.29, 0.717) is 40.6 Å². The molecule has 0 unspecified atom stereocenters. The van der Waals surface area contributed by atoms with Crippen LogP contribution in [0.15, 0.2) is 53.3 Å². The maximum Gasteiger partial charge on any atom is 0.573 e. The molecule has 1 amide bonds. The van der Waals surface area contributed by atoms with Crippen molar-refractivity contribution in [2.24, 2.45) is 0 Å². The Balaban J connectivity index is 1.71. The number of aromatic nitrogens is 1. The predicted octanol–water partition coefficient (Wildman–Crippen LogP) is 4.61. The summed E-state index contributed by atoms with van der Waals surface area (Å²) in [7, 11) is 0. The summed E-state index contributed by atoms with van der Waals surface area (Å²) in [5, 5.41) is 13.1. The van der Waals surface area contributed by atoms with Gasteiger partial charge < -0.3 is 15.2 Å². The van der Waals surface area contributed by atoms with Crippen molar-refractivity contribution in [1.29, 1.82) is 0 Å². The van der Waals surface area contributed by atoms with Crippen molar-refractivity contribution < 1.29 is 27.8 Å². The van der Waals surface area contributed by atoms with Gasteiger partial charge in [0.1, 0.15) is 17.1 Å². The molecule has 0 saturated carbocycles. The Labute approximate surface area is 191 Å². The maximum atomic E-state index is 13.2. The average molecular weight is 476 g/mol. The summed E-state index contributed by atoms with van der Waals surface area (Å²) in [5.41, 5.74) is 2.20. The lowest BCUT2D eigenvalue weighted by atomic mass is 10.0.